The molecule has 1 amide bonds. The van der Waals surface area contributed by atoms with Gasteiger partial charge in [0, 0.05) is 35.2 Å². The fourth-order valence-electron chi connectivity index (χ4n) is 3.67. The number of amides is 1. The van der Waals surface area contributed by atoms with Gasteiger partial charge in [0.25, 0.3) is 15.9 Å². The van der Waals surface area contributed by atoms with Crippen molar-refractivity contribution in [3.8, 4) is 0 Å². The highest BCUT2D eigenvalue weighted by Crippen LogP contribution is 2.25. The molecule has 0 spiro atoms. The second-order valence-electron chi connectivity index (χ2n) is 9.11. The van der Waals surface area contributed by atoms with Crippen LogP contribution in [0.3, 0.4) is 0 Å². The minimum Gasteiger partial charge on any atom is -0.399 e. The van der Waals surface area contributed by atoms with Crippen LogP contribution >= 0.6 is 0 Å². The van der Waals surface area contributed by atoms with E-state index in [2.05, 4.69) is 9.82 Å². The van der Waals surface area contributed by atoms with Gasteiger partial charge < -0.3 is 10.3 Å². The van der Waals surface area contributed by atoms with Crippen molar-refractivity contribution in [2.75, 3.05) is 5.73 Å². The maximum Gasteiger partial charge on any atom is 0.283 e. The number of nitrogen functional groups attached to an aromatic ring is 1. The molecular formula is C24H27N5O3S. The maximum atomic E-state index is 13.2. The Labute approximate surface area is 193 Å². The molecule has 33 heavy (non-hydrogen) atoms. The first kappa shape index (κ1) is 22.6. The lowest BCUT2D eigenvalue weighted by Gasteiger charge is -2.14. The number of carbonyl (C=O) groups is 1. The molecule has 4 rings (SSSR count). The average Bonchev–Trinajstić information content (AvgIpc) is 3.33. The van der Waals surface area contributed by atoms with Gasteiger partial charge >= 0.3 is 0 Å². The smallest absolute Gasteiger partial charge is 0.283 e. The number of carbonyl (C=O) groups excluding carboxylic acids is 1. The number of nitrogens with zero attached hydrogens (tertiary/aromatic N) is 3. The molecule has 0 atom stereocenters. The Bertz CT molecular complexity index is 1460. The summed E-state index contributed by atoms with van der Waals surface area (Å²) in [6.07, 6.45) is 1.98. The largest absolute Gasteiger partial charge is 0.399 e. The topological polar surface area (TPSA) is 112 Å². The molecule has 2 heterocycles. The number of hydrogen-bond acceptors (Lipinski definition) is 5. The van der Waals surface area contributed by atoms with Crippen molar-refractivity contribution in [2.45, 2.75) is 37.6 Å². The van der Waals surface area contributed by atoms with E-state index in [1.165, 1.54) is 18.2 Å². The highest BCUT2D eigenvalue weighted by Gasteiger charge is 2.26. The van der Waals surface area contributed by atoms with Crippen molar-refractivity contribution in [3.63, 3.8) is 0 Å². The number of aryl methyl sites for hydroxylation is 1. The van der Waals surface area contributed by atoms with Gasteiger partial charge in [-0.2, -0.15) is 5.10 Å². The lowest BCUT2D eigenvalue weighted by atomic mass is 9.92. The molecule has 0 aliphatic heterocycles. The van der Waals surface area contributed by atoms with Crippen molar-refractivity contribution in [1.82, 2.24) is 19.1 Å². The zero-order chi connectivity index (χ0) is 24.0. The van der Waals surface area contributed by atoms with Crippen LogP contribution in [0.25, 0.3) is 10.9 Å². The molecule has 0 aliphatic carbocycles. The molecule has 4 aromatic rings. The standard InChI is InChI=1S/C24H27N5O3S/c1-24(2,3)22-14-21(23(30)27-33(31,32)18-9-6-8-17(25)13-18)29(26-22)15-16-7-5-10-20-19(16)11-12-28(20)4/h5-14H,15,25H2,1-4H3,(H,27,30). The van der Waals surface area contributed by atoms with Gasteiger partial charge in [0.1, 0.15) is 5.69 Å². The molecule has 0 saturated heterocycles. The zero-order valence-electron chi connectivity index (χ0n) is 19.0. The molecule has 9 heteroatoms. The molecule has 0 bridgehead atoms. The first-order valence-electron chi connectivity index (χ1n) is 10.5. The van der Waals surface area contributed by atoms with Crippen LogP contribution in [0, 0.1) is 0 Å². The van der Waals surface area contributed by atoms with E-state index in [-0.39, 0.29) is 16.0 Å². The molecule has 0 fully saturated rings. The van der Waals surface area contributed by atoms with Crippen LogP contribution in [-0.4, -0.2) is 28.7 Å². The van der Waals surface area contributed by atoms with Crippen molar-refractivity contribution in [3.05, 3.63) is 77.7 Å². The van der Waals surface area contributed by atoms with Crippen LogP contribution in [0.2, 0.25) is 0 Å². The first-order chi connectivity index (χ1) is 15.5. The van der Waals surface area contributed by atoms with Gasteiger partial charge in [-0.1, -0.05) is 39.0 Å². The van der Waals surface area contributed by atoms with E-state index in [0.29, 0.717) is 17.9 Å². The summed E-state index contributed by atoms with van der Waals surface area (Å²) in [6.45, 7) is 6.28. The van der Waals surface area contributed by atoms with Crippen molar-refractivity contribution in [1.29, 1.82) is 0 Å². The number of fused-ring (bicyclic) bond motifs is 1. The molecular weight excluding hydrogens is 438 g/mol. The SMILES string of the molecule is Cn1ccc2c(Cn3nc(C(C)(C)C)cc3C(=O)NS(=O)(=O)c3cccc(N)c3)cccc21. The summed E-state index contributed by atoms with van der Waals surface area (Å²) in [6, 6.07) is 15.4. The number of aromatic nitrogens is 3. The molecule has 0 radical (unpaired) electrons. The van der Waals surface area contributed by atoms with Crippen LogP contribution in [0.1, 0.15) is 42.5 Å². The van der Waals surface area contributed by atoms with E-state index < -0.39 is 15.9 Å². The summed E-state index contributed by atoms with van der Waals surface area (Å²) in [4.78, 5) is 13.1. The monoisotopic (exact) mass is 465 g/mol. The predicted octanol–water partition coefficient (Wildman–Crippen LogP) is 3.42. The third-order valence-corrected chi connectivity index (χ3v) is 6.84. The molecule has 0 saturated carbocycles. The number of hydrogen-bond donors (Lipinski definition) is 2. The number of nitrogens with one attached hydrogen (secondary N) is 1. The minimum absolute atomic E-state index is 0.0768. The minimum atomic E-state index is -4.10. The summed E-state index contributed by atoms with van der Waals surface area (Å²) < 4.78 is 31.3. The third-order valence-electron chi connectivity index (χ3n) is 5.51. The Morgan fingerprint density at radius 3 is 2.52 bits per heavy atom. The molecule has 172 valence electrons. The highest BCUT2D eigenvalue weighted by molar-refractivity contribution is 7.90. The summed E-state index contributed by atoms with van der Waals surface area (Å²) in [7, 11) is -2.13. The van der Waals surface area contributed by atoms with Crippen LogP contribution in [0.5, 0.6) is 0 Å². The van der Waals surface area contributed by atoms with E-state index in [0.717, 1.165) is 16.5 Å². The number of benzene rings is 2. The molecule has 0 unspecified atom stereocenters. The summed E-state index contributed by atoms with van der Waals surface area (Å²) in [5.74, 6) is -0.749. The Morgan fingerprint density at radius 2 is 1.82 bits per heavy atom. The molecule has 2 aromatic heterocycles. The summed E-state index contributed by atoms with van der Waals surface area (Å²) >= 11 is 0. The van der Waals surface area contributed by atoms with Gasteiger partial charge in [-0.05, 0) is 42.0 Å². The highest BCUT2D eigenvalue weighted by atomic mass is 32.2. The Balaban J connectivity index is 1.73. The second kappa shape index (κ2) is 8.08. The number of anilines is 1. The Hall–Kier alpha value is -3.59. The van der Waals surface area contributed by atoms with Crippen molar-refractivity contribution in [2.24, 2.45) is 7.05 Å². The molecule has 3 N–H and O–H groups in total. The number of sulfonamides is 1. The molecule has 2 aromatic carbocycles. The summed E-state index contributed by atoms with van der Waals surface area (Å²) in [5.41, 5.74) is 8.57. The van der Waals surface area contributed by atoms with Gasteiger partial charge in [-0.3, -0.25) is 9.48 Å². The molecule has 8 nitrogen and oxygen atoms in total. The van der Waals surface area contributed by atoms with Gasteiger partial charge in [-0.25, -0.2) is 13.1 Å². The third kappa shape index (κ3) is 4.49. The van der Waals surface area contributed by atoms with E-state index in [1.807, 2.05) is 62.8 Å². The van der Waals surface area contributed by atoms with Crippen LogP contribution in [-0.2, 0) is 29.0 Å². The lowest BCUT2D eigenvalue weighted by molar-refractivity contribution is 0.0971. The fourth-order valence-corrected chi connectivity index (χ4v) is 4.68. The molecule has 0 aliphatic rings. The predicted molar refractivity (Wildman–Crippen MR) is 128 cm³/mol. The fraction of sp³-hybridized carbons (Fsp3) is 0.250. The Kier molecular flexibility index (Phi) is 5.53. The van der Waals surface area contributed by atoms with Crippen LogP contribution in [0.15, 0.2) is 65.7 Å². The van der Waals surface area contributed by atoms with E-state index >= 15 is 0 Å². The second-order valence-corrected chi connectivity index (χ2v) is 10.8. The Morgan fingerprint density at radius 1 is 1.09 bits per heavy atom. The van der Waals surface area contributed by atoms with E-state index in [9.17, 15) is 13.2 Å². The summed E-state index contributed by atoms with van der Waals surface area (Å²) in [5, 5.41) is 5.71. The van der Waals surface area contributed by atoms with Gasteiger partial charge in [0.05, 0.1) is 17.1 Å². The first-order valence-corrected chi connectivity index (χ1v) is 12.0. The number of nitrogens with two attached hydrogens (primary N) is 1. The van der Waals surface area contributed by atoms with Crippen LogP contribution in [0.4, 0.5) is 5.69 Å². The lowest BCUT2D eigenvalue weighted by Crippen LogP contribution is -2.32. The van der Waals surface area contributed by atoms with Gasteiger partial charge in [0.2, 0.25) is 0 Å². The zero-order valence-corrected chi connectivity index (χ0v) is 19.8. The van der Waals surface area contributed by atoms with E-state index in [1.54, 1.807) is 16.8 Å². The normalized spacial score (nSPS) is 12.2. The number of rotatable bonds is 5. The maximum absolute atomic E-state index is 13.2. The van der Waals surface area contributed by atoms with Gasteiger partial charge in [0.15, 0.2) is 0 Å². The van der Waals surface area contributed by atoms with Gasteiger partial charge in [-0.15, -0.1) is 0 Å². The average molecular weight is 466 g/mol. The van der Waals surface area contributed by atoms with Crippen molar-refractivity contribution < 1.29 is 13.2 Å². The quantitative estimate of drug-likeness (QED) is 0.439. The van der Waals surface area contributed by atoms with Crippen molar-refractivity contribution >= 4 is 32.5 Å². The van der Waals surface area contributed by atoms with Crippen LogP contribution < -0.4 is 10.5 Å². The van der Waals surface area contributed by atoms with E-state index in [4.69, 9.17) is 5.73 Å².